The van der Waals surface area contributed by atoms with Crippen LogP contribution in [-0.2, 0) is 6.42 Å². The third kappa shape index (κ3) is 3.98. The number of amides is 1. The molecule has 0 saturated carbocycles. The van der Waals surface area contributed by atoms with Crippen LogP contribution in [0.4, 0.5) is 11.4 Å². The number of hydrogen-bond acceptors (Lipinski definition) is 4. The van der Waals surface area contributed by atoms with Gasteiger partial charge in [-0.15, -0.1) is 0 Å². The van der Waals surface area contributed by atoms with Crippen LogP contribution in [0, 0.1) is 0 Å². The van der Waals surface area contributed by atoms with Gasteiger partial charge in [0, 0.05) is 25.7 Å². The standard InChI is InChI=1S/C16H21N3OS/c1-11(8-12-6-7-21-10-12)18-16(20)13-4-5-15(19(2)3)14(17)9-13/h4-7,9-11H,8,17H2,1-3H3,(H,18,20). The van der Waals surface area contributed by atoms with Gasteiger partial charge >= 0.3 is 0 Å². The first-order valence-electron chi connectivity index (χ1n) is 6.86. The van der Waals surface area contributed by atoms with Gasteiger partial charge in [0.15, 0.2) is 0 Å². The van der Waals surface area contributed by atoms with Crippen LogP contribution in [0.5, 0.6) is 0 Å². The van der Waals surface area contributed by atoms with Crippen LogP contribution in [0.3, 0.4) is 0 Å². The molecular formula is C16H21N3OS. The van der Waals surface area contributed by atoms with Gasteiger partial charge in [-0.1, -0.05) is 0 Å². The van der Waals surface area contributed by atoms with Crippen molar-refractivity contribution in [2.75, 3.05) is 24.7 Å². The number of nitrogen functional groups attached to an aromatic ring is 1. The summed E-state index contributed by atoms with van der Waals surface area (Å²) in [7, 11) is 3.85. The minimum Gasteiger partial charge on any atom is -0.397 e. The molecule has 0 radical (unpaired) electrons. The quantitative estimate of drug-likeness (QED) is 0.835. The van der Waals surface area contributed by atoms with Gasteiger partial charge in [0.25, 0.3) is 5.91 Å². The van der Waals surface area contributed by atoms with E-state index in [9.17, 15) is 4.79 Å². The Morgan fingerprint density at radius 1 is 1.38 bits per heavy atom. The Morgan fingerprint density at radius 2 is 2.14 bits per heavy atom. The molecule has 0 saturated heterocycles. The molecule has 0 aliphatic rings. The highest BCUT2D eigenvalue weighted by molar-refractivity contribution is 7.07. The third-order valence-corrected chi connectivity index (χ3v) is 4.00. The van der Waals surface area contributed by atoms with Gasteiger partial charge in [0.2, 0.25) is 0 Å². The summed E-state index contributed by atoms with van der Waals surface area (Å²) in [4.78, 5) is 14.2. The Hall–Kier alpha value is -2.01. The van der Waals surface area contributed by atoms with Crippen molar-refractivity contribution in [1.82, 2.24) is 5.32 Å². The molecule has 21 heavy (non-hydrogen) atoms. The van der Waals surface area contributed by atoms with E-state index in [0.717, 1.165) is 12.1 Å². The van der Waals surface area contributed by atoms with E-state index < -0.39 is 0 Å². The SMILES string of the molecule is CC(Cc1ccsc1)NC(=O)c1ccc(N(C)C)c(N)c1. The average Bonchev–Trinajstić information content (AvgIpc) is 2.90. The summed E-state index contributed by atoms with van der Waals surface area (Å²) in [5.74, 6) is -0.0882. The van der Waals surface area contributed by atoms with Crippen LogP contribution >= 0.6 is 11.3 Å². The lowest BCUT2D eigenvalue weighted by Gasteiger charge is -2.17. The summed E-state index contributed by atoms with van der Waals surface area (Å²) in [5, 5.41) is 7.16. The average molecular weight is 303 g/mol. The van der Waals surface area contributed by atoms with Gasteiger partial charge < -0.3 is 16.0 Å². The van der Waals surface area contributed by atoms with Crippen LogP contribution in [0.2, 0.25) is 0 Å². The number of benzene rings is 1. The molecule has 0 spiro atoms. The molecule has 1 unspecified atom stereocenters. The summed E-state index contributed by atoms with van der Waals surface area (Å²) < 4.78 is 0. The number of carbonyl (C=O) groups excluding carboxylic acids is 1. The van der Waals surface area contributed by atoms with E-state index in [1.807, 2.05) is 37.4 Å². The zero-order chi connectivity index (χ0) is 15.4. The molecular weight excluding hydrogens is 282 g/mol. The number of nitrogens with one attached hydrogen (secondary N) is 1. The van der Waals surface area contributed by atoms with Crippen LogP contribution in [0.25, 0.3) is 0 Å². The highest BCUT2D eigenvalue weighted by atomic mass is 32.1. The number of hydrogen-bond donors (Lipinski definition) is 2. The lowest BCUT2D eigenvalue weighted by atomic mass is 10.1. The minimum atomic E-state index is -0.0882. The molecule has 1 amide bonds. The summed E-state index contributed by atoms with van der Waals surface area (Å²) >= 11 is 1.67. The third-order valence-electron chi connectivity index (χ3n) is 3.27. The molecule has 0 aliphatic carbocycles. The van der Waals surface area contributed by atoms with Gasteiger partial charge in [0.1, 0.15) is 0 Å². The minimum absolute atomic E-state index is 0.0850. The van der Waals surface area contributed by atoms with Crippen molar-refractivity contribution in [1.29, 1.82) is 0 Å². The Labute approximate surface area is 129 Å². The van der Waals surface area contributed by atoms with E-state index in [0.29, 0.717) is 11.3 Å². The second-order valence-electron chi connectivity index (χ2n) is 5.38. The molecule has 4 nitrogen and oxygen atoms in total. The number of carbonyl (C=O) groups is 1. The van der Waals surface area contributed by atoms with Gasteiger partial charge in [-0.2, -0.15) is 11.3 Å². The van der Waals surface area contributed by atoms with Crippen molar-refractivity contribution in [3.8, 4) is 0 Å². The first-order chi connectivity index (χ1) is 9.97. The lowest BCUT2D eigenvalue weighted by Crippen LogP contribution is -2.34. The fourth-order valence-corrected chi connectivity index (χ4v) is 2.91. The number of rotatable bonds is 5. The smallest absolute Gasteiger partial charge is 0.251 e. The van der Waals surface area contributed by atoms with Crippen LogP contribution in [-0.4, -0.2) is 26.0 Å². The maximum absolute atomic E-state index is 12.2. The normalized spacial score (nSPS) is 12.0. The second kappa shape index (κ2) is 6.63. The maximum Gasteiger partial charge on any atom is 0.251 e. The van der Waals surface area contributed by atoms with Gasteiger partial charge in [-0.3, -0.25) is 4.79 Å². The largest absolute Gasteiger partial charge is 0.397 e. The van der Waals surface area contributed by atoms with E-state index in [2.05, 4.69) is 16.8 Å². The van der Waals surface area contributed by atoms with Crippen LogP contribution in [0.15, 0.2) is 35.0 Å². The Kier molecular flexibility index (Phi) is 4.85. The summed E-state index contributed by atoms with van der Waals surface area (Å²) in [5.41, 5.74) is 9.34. The number of nitrogens with two attached hydrogens (primary N) is 1. The van der Waals surface area contributed by atoms with Crippen LogP contribution in [0.1, 0.15) is 22.8 Å². The molecule has 0 bridgehead atoms. The predicted octanol–water partition coefficient (Wildman–Crippen LogP) is 2.76. The summed E-state index contributed by atoms with van der Waals surface area (Å²) in [6, 6.07) is 7.56. The van der Waals surface area contributed by atoms with E-state index in [1.54, 1.807) is 23.5 Å². The molecule has 1 heterocycles. The molecule has 5 heteroatoms. The first kappa shape index (κ1) is 15.4. The molecule has 1 aromatic heterocycles. The van der Waals surface area contributed by atoms with Crippen molar-refractivity contribution in [2.45, 2.75) is 19.4 Å². The van der Waals surface area contributed by atoms with Gasteiger partial charge in [-0.05, 0) is 53.9 Å². The van der Waals surface area contributed by atoms with E-state index in [1.165, 1.54) is 5.56 Å². The fourth-order valence-electron chi connectivity index (χ4n) is 2.22. The second-order valence-corrected chi connectivity index (χ2v) is 6.16. The van der Waals surface area contributed by atoms with Gasteiger partial charge in [-0.25, -0.2) is 0 Å². The zero-order valence-corrected chi connectivity index (χ0v) is 13.4. The molecule has 1 aromatic carbocycles. The van der Waals surface area contributed by atoms with Crippen molar-refractivity contribution in [3.63, 3.8) is 0 Å². The Bertz CT molecular complexity index is 608. The number of nitrogens with zero attached hydrogens (tertiary/aromatic N) is 1. The Balaban J connectivity index is 2.01. The molecule has 0 fully saturated rings. The molecule has 112 valence electrons. The summed E-state index contributed by atoms with van der Waals surface area (Å²) in [6.07, 6.45) is 0.834. The molecule has 1 atom stereocenters. The highest BCUT2D eigenvalue weighted by Crippen LogP contribution is 2.22. The monoisotopic (exact) mass is 303 g/mol. The fraction of sp³-hybridized carbons (Fsp3) is 0.312. The molecule has 2 rings (SSSR count). The molecule has 3 N–H and O–H groups in total. The molecule has 0 aliphatic heterocycles. The van der Waals surface area contributed by atoms with Crippen LogP contribution < -0.4 is 16.0 Å². The topological polar surface area (TPSA) is 58.4 Å². The van der Waals surface area contributed by atoms with E-state index in [4.69, 9.17) is 5.73 Å². The highest BCUT2D eigenvalue weighted by Gasteiger charge is 2.12. The number of thiophene rings is 1. The van der Waals surface area contributed by atoms with Gasteiger partial charge in [0.05, 0.1) is 11.4 Å². The lowest BCUT2D eigenvalue weighted by molar-refractivity contribution is 0.0940. The van der Waals surface area contributed by atoms with Crippen molar-refractivity contribution in [3.05, 3.63) is 46.2 Å². The van der Waals surface area contributed by atoms with Crippen molar-refractivity contribution < 1.29 is 4.79 Å². The first-order valence-corrected chi connectivity index (χ1v) is 7.80. The van der Waals surface area contributed by atoms with Crippen molar-refractivity contribution >= 4 is 28.6 Å². The molecule has 2 aromatic rings. The Morgan fingerprint density at radius 3 is 2.71 bits per heavy atom. The maximum atomic E-state index is 12.2. The predicted molar refractivity (Wildman–Crippen MR) is 90.1 cm³/mol. The van der Waals surface area contributed by atoms with E-state index >= 15 is 0 Å². The zero-order valence-electron chi connectivity index (χ0n) is 12.6. The van der Waals surface area contributed by atoms with Crippen molar-refractivity contribution in [2.24, 2.45) is 0 Å². The van der Waals surface area contributed by atoms with E-state index in [-0.39, 0.29) is 11.9 Å². The number of anilines is 2. The summed E-state index contributed by atoms with van der Waals surface area (Å²) in [6.45, 7) is 2.01.